The maximum absolute atomic E-state index is 12.4. The first-order valence-corrected chi connectivity index (χ1v) is 9.64. The number of hydrogen-bond acceptors (Lipinski definition) is 5. The van der Waals surface area contributed by atoms with Crippen molar-refractivity contribution in [3.05, 3.63) is 71.0 Å². The lowest BCUT2D eigenvalue weighted by Gasteiger charge is -2.13. The van der Waals surface area contributed by atoms with Crippen LogP contribution in [0.15, 0.2) is 48.5 Å². The van der Waals surface area contributed by atoms with E-state index in [2.05, 4.69) is 10.4 Å². The van der Waals surface area contributed by atoms with Gasteiger partial charge in [-0.1, -0.05) is 23.8 Å². The van der Waals surface area contributed by atoms with Crippen LogP contribution in [0, 0.1) is 20.8 Å². The number of benzene rings is 2. The standard InChI is InChI=1S/C23H26N4O3/c1-15-9-11-19(12-10-15)27-17(3)22(16(2)25-27)24-21(28)14-30-23(29)18-7-6-8-20(13-18)26(4)5/h6-13H,14H2,1-5H3,(H,24,28). The average Bonchev–Trinajstić information content (AvgIpc) is 3.01. The van der Waals surface area contributed by atoms with Crippen molar-refractivity contribution in [3.63, 3.8) is 0 Å². The van der Waals surface area contributed by atoms with Crippen molar-refractivity contribution in [2.24, 2.45) is 0 Å². The summed E-state index contributed by atoms with van der Waals surface area (Å²) in [4.78, 5) is 26.6. The second-order valence-corrected chi connectivity index (χ2v) is 7.36. The van der Waals surface area contributed by atoms with Crippen LogP contribution in [0.25, 0.3) is 5.69 Å². The normalized spacial score (nSPS) is 10.6. The van der Waals surface area contributed by atoms with Gasteiger partial charge in [-0.25, -0.2) is 9.48 Å². The lowest BCUT2D eigenvalue weighted by Crippen LogP contribution is -2.21. The van der Waals surface area contributed by atoms with Gasteiger partial charge in [-0.05, 0) is 51.1 Å². The molecule has 2 aromatic carbocycles. The SMILES string of the molecule is Cc1ccc(-n2nc(C)c(NC(=O)COC(=O)c3cccc(N(C)C)c3)c2C)cc1. The van der Waals surface area contributed by atoms with Crippen LogP contribution >= 0.6 is 0 Å². The number of carbonyl (C=O) groups is 2. The maximum atomic E-state index is 12.4. The zero-order valence-corrected chi connectivity index (χ0v) is 17.9. The van der Waals surface area contributed by atoms with E-state index >= 15 is 0 Å². The third-order valence-electron chi connectivity index (χ3n) is 4.77. The molecule has 0 aliphatic carbocycles. The summed E-state index contributed by atoms with van der Waals surface area (Å²) in [5.41, 5.74) is 5.45. The van der Waals surface area contributed by atoms with E-state index in [0.29, 0.717) is 16.9 Å². The number of aryl methyl sites for hydroxylation is 2. The highest BCUT2D eigenvalue weighted by molar-refractivity contribution is 5.96. The van der Waals surface area contributed by atoms with E-state index in [-0.39, 0.29) is 6.61 Å². The molecule has 1 heterocycles. The molecule has 7 nitrogen and oxygen atoms in total. The summed E-state index contributed by atoms with van der Waals surface area (Å²) in [5, 5.41) is 7.33. The number of aromatic nitrogens is 2. The summed E-state index contributed by atoms with van der Waals surface area (Å²) in [5.74, 6) is -0.959. The Morgan fingerprint density at radius 2 is 1.77 bits per heavy atom. The van der Waals surface area contributed by atoms with Crippen molar-refractivity contribution in [3.8, 4) is 5.69 Å². The van der Waals surface area contributed by atoms with Crippen molar-refractivity contribution in [1.29, 1.82) is 0 Å². The van der Waals surface area contributed by atoms with Crippen molar-refractivity contribution < 1.29 is 14.3 Å². The second kappa shape index (κ2) is 8.82. The van der Waals surface area contributed by atoms with Gasteiger partial charge in [0, 0.05) is 19.8 Å². The fourth-order valence-electron chi connectivity index (χ4n) is 3.06. The predicted molar refractivity (Wildman–Crippen MR) is 117 cm³/mol. The van der Waals surface area contributed by atoms with Gasteiger partial charge in [0.05, 0.1) is 28.3 Å². The molecular formula is C23H26N4O3. The molecule has 3 aromatic rings. The summed E-state index contributed by atoms with van der Waals surface area (Å²) in [7, 11) is 3.78. The Morgan fingerprint density at radius 1 is 1.07 bits per heavy atom. The molecule has 156 valence electrons. The van der Waals surface area contributed by atoms with E-state index in [0.717, 1.165) is 22.6 Å². The molecule has 30 heavy (non-hydrogen) atoms. The molecule has 0 aliphatic rings. The summed E-state index contributed by atoms with van der Waals surface area (Å²) < 4.78 is 6.97. The zero-order chi connectivity index (χ0) is 21.8. The second-order valence-electron chi connectivity index (χ2n) is 7.36. The van der Waals surface area contributed by atoms with Crippen molar-refractivity contribution in [2.75, 3.05) is 30.9 Å². The van der Waals surface area contributed by atoms with Gasteiger partial charge >= 0.3 is 5.97 Å². The molecule has 7 heteroatoms. The summed E-state index contributed by atoms with van der Waals surface area (Å²) in [6.45, 7) is 5.36. The number of nitrogens with zero attached hydrogens (tertiary/aromatic N) is 3. The summed E-state index contributed by atoms with van der Waals surface area (Å²) in [6, 6.07) is 15.0. The van der Waals surface area contributed by atoms with E-state index in [1.807, 2.05) is 70.1 Å². The van der Waals surface area contributed by atoms with Crippen LogP contribution < -0.4 is 10.2 Å². The molecule has 1 N–H and O–H groups in total. The van der Waals surface area contributed by atoms with Crippen LogP contribution in [0.5, 0.6) is 0 Å². The third-order valence-corrected chi connectivity index (χ3v) is 4.77. The number of carbonyl (C=O) groups excluding carboxylic acids is 2. The van der Waals surface area contributed by atoms with E-state index in [1.165, 1.54) is 0 Å². The molecule has 0 unspecified atom stereocenters. The minimum absolute atomic E-state index is 0.375. The first kappa shape index (κ1) is 21.1. The van der Waals surface area contributed by atoms with E-state index in [4.69, 9.17) is 4.74 Å². The molecule has 0 saturated heterocycles. The van der Waals surface area contributed by atoms with E-state index < -0.39 is 11.9 Å². The topological polar surface area (TPSA) is 76.5 Å². The number of rotatable bonds is 6. The Labute approximate surface area is 176 Å². The number of amides is 1. The number of nitrogens with one attached hydrogen (secondary N) is 1. The molecule has 0 aliphatic heterocycles. The Hall–Kier alpha value is -3.61. The maximum Gasteiger partial charge on any atom is 0.338 e. The Morgan fingerprint density at radius 3 is 2.43 bits per heavy atom. The highest BCUT2D eigenvalue weighted by atomic mass is 16.5. The van der Waals surface area contributed by atoms with Gasteiger partial charge in [0.2, 0.25) is 0 Å². The van der Waals surface area contributed by atoms with Crippen molar-refractivity contribution in [2.45, 2.75) is 20.8 Å². The third kappa shape index (κ3) is 4.68. The van der Waals surface area contributed by atoms with E-state index in [9.17, 15) is 9.59 Å². The van der Waals surface area contributed by atoms with Crippen LogP contribution in [0.3, 0.4) is 0 Å². The van der Waals surface area contributed by atoms with Gasteiger partial charge < -0.3 is 15.0 Å². The van der Waals surface area contributed by atoms with Crippen LogP contribution in [0.4, 0.5) is 11.4 Å². The molecule has 1 amide bonds. The highest BCUT2D eigenvalue weighted by Crippen LogP contribution is 2.23. The molecule has 3 rings (SSSR count). The Kier molecular flexibility index (Phi) is 6.20. The number of ether oxygens (including phenoxy) is 1. The minimum Gasteiger partial charge on any atom is -0.452 e. The molecule has 0 radical (unpaired) electrons. The number of esters is 1. The molecule has 0 saturated carbocycles. The number of anilines is 2. The van der Waals surface area contributed by atoms with Gasteiger partial charge in [-0.15, -0.1) is 0 Å². The monoisotopic (exact) mass is 406 g/mol. The highest BCUT2D eigenvalue weighted by Gasteiger charge is 2.17. The molecule has 0 bridgehead atoms. The lowest BCUT2D eigenvalue weighted by molar-refractivity contribution is -0.119. The minimum atomic E-state index is -0.544. The van der Waals surface area contributed by atoms with Gasteiger partial charge in [0.15, 0.2) is 6.61 Å². The molecule has 0 spiro atoms. The van der Waals surface area contributed by atoms with Gasteiger partial charge in [0.25, 0.3) is 5.91 Å². The molecule has 1 aromatic heterocycles. The van der Waals surface area contributed by atoms with Crippen LogP contribution in [-0.4, -0.2) is 42.4 Å². The first-order valence-electron chi connectivity index (χ1n) is 9.64. The van der Waals surface area contributed by atoms with Crippen LogP contribution in [-0.2, 0) is 9.53 Å². The quantitative estimate of drug-likeness (QED) is 0.632. The largest absolute Gasteiger partial charge is 0.452 e. The zero-order valence-electron chi connectivity index (χ0n) is 17.9. The van der Waals surface area contributed by atoms with Crippen molar-refractivity contribution in [1.82, 2.24) is 9.78 Å². The fraction of sp³-hybridized carbons (Fsp3) is 0.261. The van der Waals surface area contributed by atoms with E-state index in [1.54, 1.807) is 22.9 Å². The molecule has 0 atom stereocenters. The van der Waals surface area contributed by atoms with Crippen LogP contribution in [0.2, 0.25) is 0 Å². The molecule has 0 fully saturated rings. The van der Waals surface area contributed by atoms with Gasteiger partial charge in [-0.3, -0.25) is 4.79 Å². The lowest BCUT2D eigenvalue weighted by atomic mass is 10.2. The van der Waals surface area contributed by atoms with Gasteiger partial charge in [0.1, 0.15) is 0 Å². The van der Waals surface area contributed by atoms with Crippen molar-refractivity contribution >= 4 is 23.3 Å². The predicted octanol–water partition coefficient (Wildman–Crippen LogP) is 3.66. The summed E-state index contributed by atoms with van der Waals surface area (Å²) in [6.07, 6.45) is 0. The van der Waals surface area contributed by atoms with Gasteiger partial charge in [-0.2, -0.15) is 5.10 Å². The van der Waals surface area contributed by atoms with Crippen LogP contribution in [0.1, 0.15) is 27.3 Å². The first-order chi connectivity index (χ1) is 14.3. The number of hydrogen-bond donors (Lipinski definition) is 1. The smallest absolute Gasteiger partial charge is 0.338 e. The summed E-state index contributed by atoms with van der Waals surface area (Å²) >= 11 is 0. The fourth-order valence-corrected chi connectivity index (χ4v) is 3.06. The Bertz CT molecular complexity index is 1070. The average molecular weight is 406 g/mol. The molecular weight excluding hydrogens is 380 g/mol. The Balaban J connectivity index is 1.66.